The predicted octanol–water partition coefficient (Wildman–Crippen LogP) is 0.232. The van der Waals surface area contributed by atoms with Crippen molar-refractivity contribution in [3.63, 3.8) is 0 Å². The maximum absolute atomic E-state index is 5.43. The predicted molar refractivity (Wildman–Crippen MR) is 73.3 cm³/mol. The minimum Gasteiger partial charge on any atom is -0.382 e. The molecule has 0 saturated heterocycles. The molecule has 0 aromatic carbocycles. The van der Waals surface area contributed by atoms with Crippen molar-refractivity contribution in [3.05, 3.63) is 18.0 Å². The van der Waals surface area contributed by atoms with Gasteiger partial charge >= 0.3 is 0 Å². The summed E-state index contributed by atoms with van der Waals surface area (Å²) >= 11 is 0. The molecule has 0 aliphatic carbocycles. The second-order valence-corrected chi connectivity index (χ2v) is 4.24. The van der Waals surface area contributed by atoms with E-state index in [0.29, 0.717) is 33.0 Å². The Labute approximate surface area is 115 Å². The van der Waals surface area contributed by atoms with Crippen molar-refractivity contribution >= 4 is 0 Å². The molecule has 0 amide bonds. The molecule has 0 saturated carbocycles. The van der Waals surface area contributed by atoms with Crippen molar-refractivity contribution in [2.24, 2.45) is 7.05 Å². The van der Waals surface area contributed by atoms with Gasteiger partial charge in [0.2, 0.25) is 0 Å². The molecular weight excluding hydrogens is 246 g/mol. The van der Waals surface area contributed by atoms with Crippen LogP contribution in [0.25, 0.3) is 0 Å². The third-order valence-corrected chi connectivity index (χ3v) is 2.58. The molecule has 19 heavy (non-hydrogen) atoms. The zero-order valence-electron chi connectivity index (χ0n) is 11.9. The summed E-state index contributed by atoms with van der Waals surface area (Å²) in [4.78, 5) is 0. The van der Waals surface area contributed by atoms with Gasteiger partial charge in [0.1, 0.15) is 0 Å². The molecule has 0 aliphatic heterocycles. The lowest BCUT2D eigenvalue weighted by atomic mass is 10.2. The molecule has 1 rings (SSSR count). The monoisotopic (exact) mass is 271 g/mol. The maximum atomic E-state index is 5.43. The van der Waals surface area contributed by atoms with Gasteiger partial charge in [-0.3, -0.25) is 4.68 Å². The summed E-state index contributed by atoms with van der Waals surface area (Å²) in [5.74, 6) is 0. The number of hydrogen-bond donors (Lipinski definition) is 1. The number of hydrogen-bond acceptors (Lipinski definition) is 5. The maximum Gasteiger partial charge on any atom is 0.0701 e. The Balaban J connectivity index is 1.79. The van der Waals surface area contributed by atoms with Gasteiger partial charge in [-0.15, -0.1) is 0 Å². The number of nitrogens with one attached hydrogen (secondary N) is 1. The standard InChI is InChI=1S/C13H25N3O3/c1-16-12-13(11-15-16)3-4-14-5-6-18-9-10-19-8-7-17-2/h11-12,14H,3-10H2,1-2H3. The van der Waals surface area contributed by atoms with Gasteiger partial charge < -0.3 is 19.5 Å². The van der Waals surface area contributed by atoms with Crippen molar-refractivity contribution in [2.75, 3.05) is 53.2 Å². The van der Waals surface area contributed by atoms with Gasteiger partial charge in [0.15, 0.2) is 0 Å². The summed E-state index contributed by atoms with van der Waals surface area (Å²) in [7, 11) is 3.59. The van der Waals surface area contributed by atoms with E-state index in [1.54, 1.807) is 7.11 Å². The zero-order chi connectivity index (χ0) is 13.8. The van der Waals surface area contributed by atoms with Gasteiger partial charge in [-0.1, -0.05) is 0 Å². The van der Waals surface area contributed by atoms with E-state index in [2.05, 4.69) is 10.4 Å². The summed E-state index contributed by atoms with van der Waals surface area (Å²) in [6.07, 6.45) is 4.93. The highest BCUT2D eigenvalue weighted by Crippen LogP contribution is 1.95. The van der Waals surface area contributed by atoms with Gasteiger partial charge in [0.25, 0.3) is 0 Å². The second-order valence-electron chi connectivity index (χ2n) is 4.24. The van der Waals surface area contributed by atoms with E-state index in [0.717, 1.165) is 19.5 Å². The fraction of sp³-hybridized carbons (Fsp3) is 0.769. The first-order valence-corrected chi connectivity index (χ1v) is 6.65. The van der Waals surface area contributed by atoms with Crippen LogP contribution in [-0.4, -0.2) is 63.0 Å². The van der Waals surface area contributed by atoms with E-state index in [-0.39, 0.29) is 0 Å². The first kappa shape index (κ1) is 16.1. The van der Waals surface area contributed by atoms with Crippen LogP contribution in [0, 0.1) is 0 Å². The normalized spacial score (nSPS) is 11.1. The molecule has 0 fully saturated rings. The average Bonchev–Trinajstić information content (AvgIpc) is 2.82. The van der Waals surface area contributed by atoms with Crippen LogP contribution in [0.2, 0.25) is 0 Å². The van der Waals surface area contributed by atoms with Crippen LogP contribution in [0.15, 0.2) is 12.4 Å². The van der Waals surface area contributed by atoms with Crippen LogP contribution >= 0.6 is 0 Å². The Morgan fingerprint density at radius 2 is 1.84 bits per heavy atom. The van der Waals surface area contributed by atoms with E-state index >= 15 is 0 Å². The highest BCUT2D eigenvalue weighted by molar-refractivity contribution is 5.03. The zero-order valence-corrected chi connectivity index (χ0v) is 11.9. The molecule has 110 valence electrons. The highest BCUT2D eigenvalue weighted by Gasteiger charge is 1.95. The number of aromatic nitrogens is 2. The van der Waals surface area contributed by atoms with Crippen LogP contribution in [0.1, 0.15) is 5.56 Å². The lowest BCUT2D eigenvalue weighted by molar-refractivity contribution is 0.0256. The quantitative estimate of drug-likeness (QED) is 0.552. The molecule has 6 heteroatoms. The minimum atomic E-state index is 0.624. The molecule has 1 heterocycles. The lowest BCUT2D eigenvalue weighted by Crippen LogP contribution is -2.23. The fourth-order valence-corrected chi connectivity index (χ4v) is 1.57. The summed E-state index contributed by atoms with van der Waals surface area (Å²) < 4.78 is 17.4. The van der Waals surface area contributed by atoms with Crippen molar-refractivity contribution in [2.45, 2.75) is 6.42 Å². The first-order chi connectivity index (χ1) is 9.33. The first-order valence-electron chi connectivity index (χ1n) is 6.65. The molecule has 0 bridgehead atoms. The van der Waals surface area contributed by atoms with Crippen LogP contribution in [0.5, 0.6) is 0 Å². The molecule has 1 aromatic heterocycles. The Kier molecular flexibility index (Phi) is 9.26. The van der Waals surface area contributed by atoms with Crippen LogP contribution in [0.3, 0.4) is 0 Å². The third-order valence-electron chi connectivity index (χ3n) is 2.58. The fourth-order valence-electron chi connectivity index (χ4n) is 1.57. The average molecular weight is 271 g/mol. The Morgan fingerprint density at radius 3 is 2.53 bits per heavy atom. The smallest absolute Gasteiger partial charge is 0.0701 e. The lowest BCUT2D eigenvalue weighted by Gasteiger charge is -2.06. The highest BCUT2D eigenvalue weighted by atomic mass is 16.5. The molecular formula is C13H25N3O3. The van der Waals surface area contributed by atoms with Gasteiger partial charge in [0, 0.05) is 26.9 Å². The summed E-state index contributed by atoms with van der Waals surface area (Å²) in [5.41, 5.74) is 1.25. The molecule has 0 unspecified atom stereocenters. The Bertz CT molecular complexity index is 318. The summed E-state index contributed by atoms with van der Waals surface area (Å²) in [5, 5.41) is 7.46. The summed E-state index contributed by atoms with van der Waals surface area (Å²) in [6.45, 7) is 5.03. The van der Waals surface area contributed by atoms with Gasteiger partial charge in [-0.2, -0.15) is 5.10 Å². The van der Waals surface area contributed by atoms with Crippen molar-refractivity contribution in [1.82, 2.24) is 15.1 Å². The summed E-state index contributed by atoms with van der Waals surface area (Å²) in [6, 6.07) is 0. The Hall–Kier alpha value is -0.950. The molecule has 0 spiro atoms. The largest absolute Gasteiger partial charge is 0.382 e. The van der Waals surface area contributed by atoms with Gasteiger partial charge in [-0.05, 0) is 18.5 Å². The molecule has 0 aliphatic rings. The number of aryl methyl sites for hydroxylation is 1. The number of rotatable bonds is 12. The van der Waals surface area contributed by atoms with E-state index < -0.39 is 0 Å². The topological polar surface area (TPSA) is 57.5 Å². The third kappa shape index (κ3) is 8.72. The second kappa shape index (κ2) is 10.9. The Morgan fingerprint density at radius 1 is 1.11 bits per heavy atom. The van der Waals surface area contributed by atoms with Crippen molar-refractivity contribution < 1.29 is 14.2 Å². The SMILES string of the molecule is COCCOCCOCCNCCc1cnn(C)c1. The van der Waals surface area contributed by atoms with Crippen LogP contribution in [-0.2, 0) is 27.7 Å². The molecule has 6 nitrogen and oxygen atoms in total. The van der Waals surface area contributed by atoms with E-state index in [9.17, 15) is 0 Å². The number of nitrogens with zero attached hydrogens (tertiary/aromatic N) is 2. The number of methoxy groups -OCH3 is 1. The van der Waals surface area contributed by atoms with Crippen molar-refractivity contribution in [3.8, 4) is 0 Å². The van der Waals surface area contributed by atoms with E-state index in [1.807, 2.05) is 24.1 Å². The molecule has 1 N–H and O–H groups in total. The molecule has 1 aromatic rings. The number of ether oxygens (including phenoxy) is 3. The van der Waals surface area contributed by atoms with E-state index in [1.165, 1.54) is 5.56 Å². The van der Waals surface area contributed by atoms with Crippen LogP contribution in [0.4, 0.5) is 0 Å². The minimum absolute atomic E-state index is 0.624. The molecule has 0 atom stereocenters. The van der Waals surface area contributed by atoms with Crippen molar-refractivity contribution in [1.29, 1.82) is 0 Å². The molecule has 0 radical (unpaired) electrons. The van der Waals surface area contributed by atoms with Gasteiger partial charge in [-0.25, -0.2) is 0 Å². The van der Waals surface area contributed by atoms with Gasteiger partial charge in [0.05, 0.1) is 39.2 Å². The van der Waals surface area contributed by atoms with Crippen LogP contribution < -0.4 is 5.32 Å². The van der Waals surface area contributed by atoms with E-state index in [4.69, 9.17) is 14.2 Å².